The molecule has 0 N–H and O–H groups in total. The number of hydrogen-bond donors (Lipinski definition) is 0. The van der Waals surface area contributed by atoms with E-state index in [9.17, 15) is 4.79 Å². The maximum atomic E-state index is 12.7. The third-order valence-corrected chi connectivity index (χ3v) is 5.54. The summed E-state index contributed by atoms with van der Waals surface area (Å²) in [5.41, 5.74) is 1.93. The number of fused-ring (bicyclic) bond motifs is 1. The van der Waals surface area contributed by atoms with E-state index in [0.29, 0.717) is 16.7 Å². The lowest BCUT2D eigenvalue weighted by molar-refractivity contribution is -0.120. The zero-order valence-corrected chi connectivity index (χ0v) is 14.2. The van der Waals surface area contributed by atoms with E-state index < -0.39 is 0 Å². The van der Waals surface area contributed by atoms with Crippen LogP contribution in [0, 0.1) is 12.8 Å². The summed E-state index contributed by atoms with van der Waals surface area (Å²) in [6.45, 7) is 2.40. The molecule has 23 heavy (non-hydrogen) atoms. The summed E-state index contributed by atoms with van der Waals surface area (Å²) in [4.78, 5) is 19.1. The van der Waals surface area contributed by atoms with Crippen molar-refractivity contribution >= 4 is 44.2 Å². The van der Waals surface area contributed by atoms with Crippen molar-refractivity contribution < 1.29 is 9.21 Å². The van der Waals surface area contributed by atoms with Crippen molar-refractivity contribution in [2.75, 3.05) is 4.90 Å². The average Bonchev–Trinajstić information content (AvgIpc) is 3.08. The molecule has 3 aromatic rings. The highest BCUT2D eigenvalue weighted by Gasteiger charge is 2.35. The van der Waals surface area contributed by atoms with Gasteiger partial charge in [0.05, 0.1) is 28.0 Å². The fourth-order valence-corrected chi connectivity index (χ4v) is 3.88. The number of aryl methyl sites for hydroxylation is 1. The van der Waals surface area contributed by atoms with Crippen molar-refractivity contribution in [2.45, 2.75) is 26.3 Å². The highest BCUT2D eigenvalue weighted by molar-refractivity contribution is 7.23. The Labute approximate surface area is 142 Å². The van der Waals surface area contributed by atoms with E-state index in [4.69, 9.17) is 16.0 Å². The van der Waals surface area contributed by atoms with E-state index in [2.05, 4.69) is 4.98 Å². The first-order valence-electron chi connectivity index (χ1n) is 7.53. The first kappa shape index (κ1) is 14.7. The third-order valence-electron chi connectivity index (χ3n) is 4.00. The van der Waals surface area contributed by atoms with Gasteiger partial charge in [-0.1, -0.05) is 29.0 Å². The largest absolute Gasteiger partial charge is 0.467 e. The number of nitrogens with zero attached hydrogens (tertiary/aromatic N) is 2. The summed E-state index contributed by atoms with van der Waals surface area (Å²) in [7, 11) is 0. The highest BCUT2D eigenvalue weighted by Crippen LogP contribution is 2.39. The van der Waals surface area contributed by atoms with Crippen LogP contribution in [0.25, 0.3) is 10.2 Å². The third kappa shape index (κ3) is 2.75. The van der Waals surface area contributed by atoms with Gasteiger partial charge in [-0.2, -0.15) is 0 Å². The van der Waals surface area contributed by atoms with E-state index in [-0.39, 0.29) is 11.8 Å². The minimum atomic E-state index is 0.119. The topological polar surface area (TPSA) is 46.3 Å². The van der Waals surface area contributed by atoms with Crippen molar-refractivity contribution in [2.24, 2.45) is 5.92 Å². The van der Waals surface area contributed by atoms with E-state index >= 15 is 0 Å². The van der Waals surface area contributed by atoms with Gasteiger partial charge in [0, 0.05) is 5.92 Å². The minimum absolute atomic E-state index is 0.119. The summed E-state index contributed by atoms with van der Waals surface area (Å²) in [6, 6.07) is 7.53. The molecule has 2 aromatic heterocycles. The molecule has 0 radical (unpaired) electrons. The Morgan fingerprint density at radius 3 is 2.91 bits per heavy atom. The molecule has 1 aliphatic carbocycles. The number of carbonyl (C=O) groups excluding carboxylic acids is 1. The number of furan rings is 1. The van der Waals surface area contributed by atoms with Crippen molar-refractivity contribution in [3.05, 3.63) is 46.9 Å². The van der Waals surface area contributed by atoms with Gasteiger partial charge in [-0.15, -0.1) is 0 Å². The molecule has 4 rings (SSSR count). The monoisotopic (exact) mass is 346 g/mol. The molecule has 1 aromatic carbocycles. The van der Waals surface area contributed by atoms with E-state index in [1.165, 1.54) is 11.3 Å². The molecule has 118 valence electrons. The zero-order chi connectivity index (χ0) is 16.0. The number of rotatable bonds is 4. The Hall–Kier alpha value is -1.85. The molecule has 6 heteroatoms. The van der Waals surface area contributed by atoms with Gasteiger partial charge in [-0.3, -0.25) is 9.69 Å². The van der Waals surface area contributed by atoms with Gasteiger partial charge in [0.2, 0.25) is 5.91 Å². The second-order valence-electron chi connectivity index (χ2n) is 5.82. The van der Waals surface area contributed by atoms with Gasteiger partial charge < -0.3 is 4.42 Å². The van der Waals surface area contributed by atoms with Gasteiger partial charge >= 0.3 is 0 Å². The SMILES string of the molecule is Cc1ccc(Cl)c2sc(N(Cc3ccco3)C(=O)C3CC3)nc12. The van der Waals surface area contributed by atoms with Gasteiger partial charge in [0.15, 0.2) is 5.13 Å². The second-order valence-corrected chi connectivity index (χ2v) is 7.20. The molecule has 0 aliphatic heterocycles. The fraction of sp³-hybridized carbons (Fsp3) is 0.294. The molecule has 4 nitrogen and oxygen atoms in total. The zero-order valence-electron chi connectivity index (χ0n) is 12.6. The number of carbonyl (C=O) groups is 1. The maximum Gasteiger partial charge on any atom is 0.232 e. The molecule has 0 saturated heterocycles. The van der Waals surface area contributed by atoms with Gasteiger partial charge in [0.25, 0.3) is 0 Å². The number of aromatic nitrogens is 1. The average molecular weight is 347 g/mol. The molecule has 0 spiro atoms. The number of anilines is 1. The van der Waals surface area contributed by atoms with Crippen LogP contribution in [-0.2, 0) is 11.3 Å². The first-order valence-corrected chi connectivity index (χ1v) is 8.72. The van der Waals surface area contributed by atoms with Crippen LogP contribution in [0.3, 0.4) is 0 Å². The Kier molecular flexibility index (Phi) is 3.62. The second kappa shape index (κ2) is 5.65. The smallest absolute Gasteiger partial charge is 0.232 e. The number of benzene rings is 1. The Balaban J connectivity index is 1.77. The lowest BCUT2D eigenvalue weighted by atomic mass is 10.2. The summed E-state index contributed by atoms with van der Waals surface area (Å²) >= 11 is 7.75. The Bertz CT molecular complexity index is 829. The molecule has 1 amide bonds. The lowest BCUT2D eigenvalue weighted by Gasteiger charge is -2.18. The number of hydrogen-bond acceptors (Lipinski definition) is 4. The standard InChI is InChI=1S/C17H15ClN2O2S/c1-10-4-7-13(18)15-14(10)19-17(23-15)20(16(21)11-5-6-11)9-12-3-2-8-22-12/h2-4,7-8,11H,5-6,9H2,1H3. The number of amides is 1. The minimum Gasteiger partial charge on any atom is -0.467 e. The highest BCUT2D eigenvalue weighted by atomic mass is 35.5. The van der Waals surface area contributed by atoms with E-state index in [0.717, 1.165) is 34.4 Å². The summed E-state index contributed by atoms with van der Waals surface area (Å²) in [5.74, 6) is 0.990. The van der Waals surface area contributed by atoms with Crippen LogP contribution < -0.4 is 4.90 Å². The molecule has 0 bridgehead atoms. The summed E-state index contributed by atoms with van der Waals surface area (Å²) in [6.07, 6.45) is 3.53. The fourth-order valence-electron chi connectivity index (χ4n) is 2.56. The predicted octanol–water partition coefficient (Wildman–Crippen LogP) is 4.79. The van der Waals surface area contributed by atoms with Crippen molar-refractivity contribution in [1.29, 1.82) is 0 Å². The van der Waals surface area contributed by atoms with Crippen LogP contribution in [0.15, 0.2) is 34.9 Å². The van der Waals surface area contributed by atoms with Crippen molar-refractivity contribution in [1.82, 2.24) is 4.98 Å². The van der Waals surface area contributed by atoms with Crippen LogP contribution >= 0.6 is 22.9 Å². The summed E-state index contributed by atoms with van der Waals surface area (Å²) in [5, 5.41) is 1.36. The summed E-state index contributed by atoms with van der Waals surface area (Å²) < 4.78 is 6.34. The van der Waals surface area contributed by atoms with Crippen LogP contribution in [0.1, 0.15) is 24.2 Å². The molecular formula is C17H15ClN2O2S. The van der Waals surface area contributed by atoms with Crippen molar-refractivity contribution in [3.63, 3.8) is 0 Å². The van der Waals surface area contributed by atoms with E-state index in [1.54, 1.807) is 11.2 Å². The quantitative estimate of drug-likeness (QED) is 0.682. The Morgan fingerprint density at radius 1 is 1.43 bits per heavy atom. The predicted molar refractivity (Wildman–Crippen MR) is 92.0 cm³/mol. The van der Waals surface area contributed by atoms with E-state index in [1.807, 2.05) is 31.2 Å². The molecular weight excluding hydrogens is 332 g/mol. The molecule has 0 atom stereocenters. The molecule has 1 saturated carbocycles. The first-order chi connectivity index (χ1) is 11.1. The van der Waals surface area contributed by atoms with Crippen LogP contribution in [0.4, 0.5) is 5.13 Å². The van der Waals surface area contributed by atoms with Crippen molar-refractivity contribution in [3.8, 4) is 0 Å². The van der Waals surface area contributed by atoms with Crippen LogP contribution in [-0.4, -0.2) is 10.9 Å². The normalized spacial score (nSPS) is 14.3. The molecule has 2 heterocycles. The molecule has 0 unspecified atom stereocenters. The number of halogens is 1. The maximum absolute atomic E-state index is 12.7. The van der Waals surface area contributed by atoms with Gasteiger partial charge in [-0.25, -0.2) is 4.98 Å². The number of thiazole rings is 1. The van der Waals surface area contributed by atoms with Gasteiger partial charge in [0.1, 0.15) is 5.76 Å². The molecule has 1 aliphatic rings. The molecule has 1 fully saturated rings. The van der Waals surface area contributed by atoms with Crippen LogP contribution in [0.2, 0.25) is 5.02 Å². The lowest BCUT2D eigenvalue weighted by Crippen LogP contribution is -2.31. The van der Waals surface area contributed by atoms with Crippen LogP contribution in [0.5, 0.6) is 0 Å². The Morgan fingerprint density at radius 2 is 2.26 bits per heavy atom. The van der Waals surface area contributed by atoms with Gasteiger partial charge in [-0.05, 0) is 43.5 Å².